The molecule has 12 heteroatoms. The first-order chi connectivity index (χ1) is 20.8. The van der Waals surface area contributed by atoms with E-state index in [2.05, 4.69) is 10.0 Å². The van der Waals surface area contributed by atoms with E-state index in [-0.39, 0.29) is 59.5 Å². The van der Waals surface area contributed by atoms with Crippen LogP contribution in [0.1, 0.15) is 64.2 Å². The number of fused-ring (bicyclic) bond motifs is 1. The molecule has 44 heavy (non-hydrogen) atoms. The van der Waals surface area contributed by atoms with Gasteiger partial charge in [0, 0.05) is 44.4 Å². The average molecular weight is 633 g/mol. The van der Waals surface area contributed by atoms with E-state index in [1.807, 2.05) is 27.7 Å². The van der Waals surface area contributed by atoms with Gasteiger partial charge in [0.25, 0.3) is 15.9 Å². The van der Waals surface area contributed by atoms with Gasteiger partial charge in [0.15, 0.2) is 0 Å². The summed E-state index contributed by atoms with van der Waals surface area (Å²) in [6.45, 7) is 10.2. The highest BCUT2D eigenvalue weighted by Gasteiger charge is 2.31. The molecule has 3 amide bonds. The van der Waals surface area contributed by atoms with Crippen molar-refractivity contribution in [2.45, 2.75) is 83.1 Å². The fraction of sp³-hybridized carbons (Fsp3) is 0.562. The van der Waals surface area contributed by atoms with Crippen molar-refractivity contribution in [3.63, 3.8) is 0 Å². The van der Waals surface area contributed by atoms with Crippen LogP contribution in [0.2, 0.25) is 0 Å². The Hall–Kier alpha value is -3.35. The number of amides is 3. The predicted octanol–water partition coefficient (Wildman–Crippen LogP) is 4.33. The molecule has 4 atom stereocenters. The number of nitrogens with zero attached hydrogens (tertiary/aromatic N) is 2. The van der Waals surface area contributed by atoms with Gasteiger partial charge in [-0.1, -0.05) is 25.1 Å². The van der Waals surface area contributed by atoms with Crippen LogP contribution in [0, 0.1) is 5.92 Å². The molecule has 3 N–H and O–H groups in total. The third-order valence-corrected chi connectivity index (χ3v) is 8.97. The van der Waals surface area contributed by atoms with E-state index in [0.717, 1.165) is 12.8 Å². The van der Waals surface area contributed by atoms with Crippen LogP contribution in [-0.4, -0.2) is 92.9 Å². The van der Waals surface area contributed by atoms with Crippen LogP contribution in [0.3, 0.4) is 0 Å². The first-order valence-corrected chi connectivity index (χ1v) is 16.7. The maximum absolute atomic E-state index is 14.2. The lowest BCUT2D eigenvalue weighted by Gasteiger charge is -2.36. The maximum atomic E-state index is 14.2. The molecule has 244 valence electrons. The van der Waals surface area contributed by atoms with Crippen molar-refractivity contribution in [2.24, 2.45) is 5.92 Å². The molecule has 3 rings (SSSR count). The Balaban J connectivity index is 1.98. The number of urea groups is 1. The number of nitrogens with one attached hydrogen (secondary N) is 2. The summed E-state index contributed by atoms with van der Waals surface area (Å²) in [5.41, 5.74) is 0.391. The third kappa shape index (κ3) is 9.83. The van der Waals surface area contributed by atoms with Crippen LogP contribution in [0.4, 0.5) is 10.5 Å². The van der Waals surface area contributed by atoms with Gasteiger partial charge >= 0.3 is 6.03 Å². The predicted molar refractivity (Wildman–Crippen MR) is 170 cm³/mol. The van der Waals surface area contributed by atoms with Crippen molar-refractivity contribution in [1.82, 2.24) is 15.1 Å². The Morgan fingerprint density at radius 2 is 1.82 bits per heavy atom. The number of carbonyl (C=O) groups is 2. The Kier molecular flexibility index (Phi) is 12.9. The van der Waals surface area contributed by atoms with Crippen LogP contribution in [0.15, 0.2) is 53.4 Å². The van der Waals surface area contributed by atoms with E-state index in [1.165, 1.54) is 18.2 Å². The molecule has 1 aliphatic rings. The number of rotatable bonds is 8. The van der Waals surface area contributed by atoms with E-state index in [0.29, 0.717) is 25.3 Å². The van der Waals surface area contributed by atoms with Crippen molar-refractivity contribution in [3.05, 3.63) is 54.1 Å². The number of hydrogen-bond acceptors (Lipinski definition) is 7. The van der Waals surface area contributed by atoms with E-state index >= 15 is 0 Å². The summed E-state index contributed by atoms with van der Waals surface area (Å²) in [6, 6.07) is 11.9. The zero-order chi connectivity index (χ0) is 32.4. The summed E-state index contributed by atoms with van der Waals surface area (Å²) in [4.78, 5) is 30.1. The van der Waals surface area contributed by atoms with E-state index in [9.17, 15) is 23.1 Å². The van der Waals surface area contributed by atoms with Gasteiger partial charge in [0.05, 0.1) is 35.3 Å². The number of carbonyl (C=O) groups excluding carboxylic acids is 2. The first-order valence-electron chi connectivity index (χ1n) is 15.3. The fourth-order valence-electron chi connectivity index (χ4n) is 4.97. The van der Waals surface area contributed by atoms with Crippen LogP contribution in [0.25, 0.3) is 0 Å². The summed E-state index contributed by atoms with van der Waals surface area (Å²) in [5, 5.41) is 13.0. The zero-order valence-electron chi connectivity index (χ0n) is 26.7. The lowest BCUT2D eigenvalue weighted by molar-refractivity contribution is -0.0122. The number of benzene rings is 2. The molecule has 2 aromatic rings. The second-order valence-electron chi connectivity index (χ2n) is 11.9. The summed E-state index contributed by atoms with van der Waals surface area (Å²) < 4.78 is 41.2. The molecule has 0 spiro atoms. The van der Waals surface area contributed by atoms with Gasteiger partial charge in [0.1, 0.15) is 5.75 Å². The van der Waals surface area contributed by atoms with Gasteiger partial charge in [-0.25, -0.2) is 13.2 Å². The highest BCUT2D eigenvalue weighted by Crippen LogP contribution is 2.29. The maximum Gasteiger partial charge on any atom is 0.317 e. The minimum Gasteiger partial charge on any atom is -0.490 e. The van der Waals surface area contributed by atoms with Crippen LogP contribution >= 0.6 is 0 Å². The Morgan fingerprint density at radius 3 is 2.48 bits per heavy atom. The minimum absolute atomic E-state index is 0.0165. The SMILES string of the molecule is CC(C)NC(=O)N(C)C[C@@H]1OCCCC[C@@H](C)Oc2ccc(NS(=O)(=O)c3ccccc3)cc2C(=O)N([C@H](C)CO)C[C@H]1C. The lowest BCUT2D eigenvalue weighted by Crippen LogP contribution is -2.49. The molecule has 0 unspecified atom stereocenters. The molecular weight excluding hydrogens is 584 g/mol. The molecule has 0 saturated heterocycles. The molecule has 0 aliphatic carbocycles. The fourth-order valence-corrected chi connectivity index (χ4v) is 6.04. The van der Waals surface area contributed by atoms with Gasteiger partial charge in [-0.2, -0.15) is 0 Å². The number of anilines is 1. The van der Waals surface area contributed by atoms with Crippen molar-refractivity contribution in [1.29, 1.82) is 0 Å². The van der Waals surface area contributed by atoms with Crippen molar-refractivity contribution < 1.29 is 32.6 Å². The van der Waals surface area contributed by atoms with Gasteiger partial charge in [-0.15, -0.1) is 0 Å². The van der Waals surface area contributed by atoms with E-state index < -0.39 is 22.0 Å². The van der Waals surface area contributed by atoms with Crippen LogP contribution in [-0.2, 0) is 14.8 Å². The second kappa shape index (κ2) is 16.1. The Bertz CT molecular complexity index is 1340. The van der Waals surface area contributed by atoms with E-state index in [1.54, 1.807) is 54.1 Å². The molecular formula is C32H48N4O7S. The van der Waals surface area contributed by atoms with Gasteiger partial charge in [-0.3, -0.25) is 9.52 Å². The second-order valence-corrected chi connectivity index (χ2v) is 13.6. The summed E-state index contributed by atoms with van der Waals surface area (Å²) in [7, 11) is -2.19. The summed E-state index contributed by atoms with van der Waals surface area (Å²) in [6.07, 6.45) is 1.74. The molecule has 1 aliphatic heterocycles. The number of aliphatic hydroxyl groups excluding tert-OH is 1. The monoisotopic (exact) mass is 632 g/mol. The largest absolute Gasteiger partial charge is 0.490 e. The molecule has 0 fully saturated rings. The molecule has 1 heterocycles. The first kappa shape index (κ1) is 35.1. The Labute approximate surface area is 262 Å². The quantitative estimate of drug-likeness (QED) is 0.394. The molecule has 0 bridgehead atoms. The van der Waals surface area contributed by atoms with Gasteiger partial charge in [-0.05, 0) is 77.3 Å². The average Bonchev–Trinajstić information content (AvgIpc) is 2.98. The van der Waals surface area contributed by atoms with Crippen molar-refractivity contribution >= 4 is 27.6 Å². The van der Waals surface area contributed by atoms with Gasteiger partial charge in [0.2, 0.25) is 0 Å². The number of ether oxygens (including phenoxy) is 2. The summed E-state index contributed by atoms with van der Waals surface area (Å²) >= 11 is 0. The van der Waals surface area contributed by atoms with E-state index in [4.69, 9.17) is 9.47 Å². The highest BCUT2D eigenvalue weighted by molar-refractivity contribution is 7.92. The van der Waals surface area contributed by atoms with Gasteiger partial charge < -0.3 is 29.7 Å². The normalized spacial score (nSPS) is 21.0. The van der Waals surface area contributed by atoms with Crippen LogP contribution in [0.5, 0.6) is 5.75 Å². The molecule has 0 radical (unpaired) electrons. The molecule has 0 aromatic heterocycles. The van der Waals surface area contributed by atoms with Crippen molar-refractivity contribution in [3.8, 4) is 5.75 Å². The molecule has 2 aromatic carbocycles. The number of sulfonamides is 1. The number of likely N-dealkylation sites (N-methyl/N-ethyl adjacent to an activating group) is 1. The molecule has 11 nitrogen and oxygen atoms in total. The number of hydrogen-bond donors (Lipinski definition) is 3. The Morgan fingerprint density at radius 1 is 1.11 bits per heavy atom. The molecule has 0 saturated carbocycles. The smallest absolute Gasteiger partial charge is 0.317 e. The summed E-state index contributed by atoms with van der Waals surface area (Å²) in [5.74, 6) is -0.292. The zero-order valence-corrected chi connectivity index (χ0v) is 27.5. The third-order valence-electron chi connectivity index (χ3n) is 7.57. The standard InChI is InChI=1S/C32H48N4O7S/c1-22(2)33-32(39)35(6)20-30-23(3)19-36(24(4)21-37)31(38)28-18-26(34-44(40,41)27-13-8-7-9-14-27)15-16-29(28)43-25(5)12-10-11-17-42-30/h7-9,13-16,18,22-25,30,34,37H,10-12,17,19-21H2,1-6H3,(H,33,39)/t23-,24-,25-,30+/m1/s1. The number of aliphatic hydroxyl groups is 1. The minimum atomic E-state index is -3.90. The highest BCUT2D eigenvalue weighted by atomic mass is 32.2. The van der Waals surface area contributed by atoms with Crippen molar-refractivity contribution in [2.75, 3.05) is 38.1 Å². The lowest BCUT2D eigenvalue weighted by atomic mass is 10.0. The topological polar surface area (TPSA) is 138 Å². The van der Waals surface area contributed by atoms with Crippen LogP contribution < -0.4 is 14.8 Å².